The second-order valence-electron chi connectivity index (χ2n) is 17.8. The van der Waals surface area contributed by atoms with Gasteiger partial charge in [-0.05, 0) is 131 Å². The van der Waals surface area contributed by atoms with E-state index >= 15 is 0 Å². The van der Waals surface area contributed by atoms with E-state index in [0.29, 0.717) is 5.41 Å². The second-order valence-corrected chi connectivity index (χ2v) is 18.9. The molecule has 0 atom stereocenters. The van der Waals surface area contributed by atoms with Gasteiger partial charge in [0, 0.05) is 42.2 Å². The molecular weight excluding hydrogens is 735 g/mol. The van der Waals surface area contributed by atoms with E-state index in [9.17, 15) is 0 Å². The second kappa shape index (κ2) is 12.9. The summed E-state index contributed by atoms with van der Waals surface area (Å²) in [4.78, 5) is 2.47. The maximum absolute atomic E-state index is 6.84. The number of thiophene rings is 1. The molecule has 10 aromatic rings. The van der Waals surface area contributed by atoms with E-state index in [1.807, 2.05) is 11.3 Å². The highest BCUT2D eigenvalue weighted by Crippen LogP contribution is 2.62. The summed E-state index contributed by atoms with van der Waals surface area (Å²) in [5.41, 5.74) is 11.9. The van der Waals surface area contributed by atoms with Gasteiger partial charge in [0.15, 0.2) is 5.58 Å². The minimum Gasteiger partial charge on any atom is -0.454 e. The fourth-order valence-corrected chi connectivity index (χ4v) is 13.7. The fraction of sp³-hybridized carbons (Fsp3) is 0.179. The average Bonchev–Trinajstić information content (AvgIpc) is 3.85. The van der Waals surface area contributed by atoms with Crippen LogP contribution in [0.2, 0.25) is 0 Å². The van der Waals surface area contributed by atoms with Crippen LogP contribution in [0.3, 0.4) is 0 Å². The summed E-state index contributed by atoms with van der Waals surface area (Å²) >= 11 is 2.02. The molecule has 0 aliphatic heterocycles. The topological polar surface area (TPSA) is 16.4 Å². The van der Waals surface area contributed by atoms with Gasteiger partial charge in [-0.3, -0.25) is 0 Å². The molecule has 8 aromatic carbocycles. The van der Waals surface area contributed by atoms with Crippen LogP contribution < -0.4 is 4.90 Å². The highest BCUT2D eigenvalue weighted by molar-refractivity contribution is 7.26. The minimum absolute atomic E-state index is 0.344. The number of hydrogen-bond acceptors (Lipinski definition) is 3. The van der Waals surface area contributed by atoms with Crippen LogP contribution in [0, 0.1) is 17.8 Å². The Morgan fingerprint density at radius 1 is 0.508 bits per heavy atom. The molecule has 4 aliphatic rings. The van der Waals surface area contributed by atoms with Crippen LogP contribution in [0.1, 0.15) is 44.1 Å². The van der Waals surface area contributed by atoms with E-state index in [1.165, 1.54) is 91.7 Å². The third-order valence-corrected chi connectivity index (χ3v) is 15.6. The zero-order chi connectivity index (χ0) is 38.7. The van der Waals surface area contributed by atoms with Gasteiger partial charge in [-0.25, -0.2) is 0 Å². The Labute approximate surface area is 348 Å². The lowest BCUT2D eigenvalue weighted by molar-refractivity contribution is -0.00442. The first kappa shape index (κ1) is 33.8. The van der Waals surface area contributed by atoms with Crippen molar-refractivity contribution < 1.29 is 4.42 Å². The zero-order valence-electron chi connectivity index (χ0n) is 32.9. The van der Waals surface area contributed by atoms with Crippen LogP contribution in [0.15, 0.2) is 174 Å². The van der Waals surface area contributed by atoms with Gasteiger partial charge in [0.1, 0.15) is 5.58 Å². The van der Waals surface area contributed by atoms with Crippen LogP contribution in [-0.2, 0) is 5.41 Å². The van der Waals surface area contributed by atoms with Crippen LogP contribution in [0.5, 0.6) is 0 Å². The van der Waals surface area contributed by atoms with Crippen LogP contribution in [0.25, 0.3) is 75.1 Å². The van der Waals surface area contributed by atoms with Crippen LogP contribution in [0.4, 0.5) is 17.1 Å². The van der Waals surface area contributed by atoms with Crippen molar-refractivity contribution in [2.75, 3.05) is 4.90 Å². The van der Waals surface area contributed by atoms with E-state index in [1.54, 1.807) is 5.56 Å². The standard InChI is InChI=1S/C56H43NOS/c1-2-12-38(13-3-1)41-18-8-14-39-15-9-19-44(53(39)41)42-16-4-6-23-49(42)57(50-24-11-20-45-43-17-5-7-25-51(43)58-54(45)50)40-26-27-52-47(31-40)46-21-10-22-48(55(46)59-52)56-32-35-28-36(33-56)30-37(29-35)34-56/h1-27,31,35-37H,28-30,32-34H2. The van der Waals surface area contributed by atoms with Crippen molar-refractivity contribution in [1.29, 1.82) is 0 Å². The third-order valence-electron chi connectivity index (χ3n) is 14.4. The van der Waals surface area contributed by atoms with Crippen molar-refractivity contribution in [3.8, 4) is 22.3 Å². The molecule has 4 saturated carbocycles. The number of hydrogen-bond donors (Lipinski definition) is 0. The van der Waals surface area contributed by atoms with Gasteiger partial charge in [0.05, 0.1) is 11.4 Å². The Kier molecular flexibility index (Phi) is 7.40. The Morgan fingerprint density at radius 2 is 1.15 bits per heavy atom. The monoisotopic (exact) mass is 777 g/mol. The summed E-state index contributed by atoms with van der Waals surface area (Å²) in [5, 5.41) is 7.48. The number of rotatable bonds is 6. The Hall–Kier alpha value is -6.16. The summed E-state index contributed by atoms with van der Waals surface area (Å²) in [5.74, 6) is 2.74. The first-order chi connectivity index (χ1) is 29.2. The third kappa shape index (κ3) is 5.17. The van der Waals surface area contributed by atoms with Crippen molar-refractivity contribution in [2.24, 2.45) is 17.8 Å². The van der Waals surface area contributed by atoms with Crippen LogP contribution >= 0.6 is 11.3 Å². The lowest BCUT2D eigenvalue weighted by Crippen LogP contribution is -2.48. The summed E-state index contributed by atoms with van der Waals surface area (Å²) < 4.78 is 9.71. The van der Waals surface area contributed by atoms with Gasteiger partial charge >= 0.3 is 0 Å². The van der Waals surface area contributed by atoms with E-state index < -0.39 is 0 Å². The van der Waals surface area contributed by atoms with Gasteiger partial charge in [0.25, 0.3) is 0 Å². The SMILES string of the molecule is c1ccc(-c2cccc3cccc(-c4ccccc4N(c4ccc5sc6c(C78CC9CC(CC(C9)C7)C8)cccc6c5c4)c4cccc5c4oc4ccccc45)c23)cc1. The van der Waals surface area contributed by atoms with Gasteiger partial charge in [-0.15, -0.1) is 11.3 Å². The number of furan rings is 1. The first-order valence-electron chi connectivity index (χ1n) is 21.5. The average molecular weight is 778 g/mol. The number of benzene rings is 8. The summed E-state index contributed by atoms with van der Waals surface area (Å²) in [6.07, 6.45) is 8.53. The molecule has 14 rings (SSSR count). The molecule has 2 heterocycles. The Bertz CT molecular complexity index is 3240. The van der Waals surface area contributed by atoms with Crippen LogP contribution in [-0.4, -0.2) is 0 Å². The summed E-state index contributed by atoms with van der Waals surface area (Å²) in [6, 6.07) is 62.7. The maximum Gasteiger partial charge on any atom is 0.159 e. The molecule has 2 aromatic heterocycles. The van der Waals surface area contributed by atoms with E-state index in [0.717, 1.165) is 56.8 Å². The predicted molar refractivity (Wildman–Crippen MR) is 250 cm³/mol. The van der Waals surface area contributed by atoms with E-state index in [2.05, 4.69) is 175 Å². The lowest BCUT2D eigenvalue weighted by atomic mass is 9.48. The molecule has 0 N–H and O–H groups in total. The lowest BCUT2D eigenvalue weighted by Gasteiger charge is -2.57. The molecule has 0 amide bonds. The van der Waals surface area contributed by atoms with Gasteiger partial charge < -0.3 is 9.32 Å². The van der Waals surface area contributed by atoms with Gasteiger partial charge in [0.2, 0.25) is 0 Å². The van der Waals surface area contributed by atoms with Crippen molar-refractivity contribution >= 4 is 81.3 Å². The van der Waals surface area contributed by atoms with Crippen molar-refractivity contribution in [3.05, 3.63) is 175 Å². The quantitative estimate of drug-likeness (QED) is 0.167. The summed E-state index contributed by atoms with van der Waals surface area (Å²) in [6.45, 7) is 0. The summed E-state index contributed by atoms with van der Waals surface area (Å²) in [7, 11) is 0. The molecule has 4 fully saturated rings. The van der Waals surface area contributed by atoms with Gasteiger partial charge in [-0.2, -0.15) is 0 Å². The first-order valence-corrected chi connectivity index (χ1v) is 22.3. The molecular formula is C56H43NOS. The smallest absolute Gasteiger partial charge is 0.159 e. The minimum atomic E-state index is 0.344. The Balaban J connectivity index is 1.05. The molecule has 59 heavy (non-hydrogen) atoms. The number of para-hydroxylation sites is 3. The van der Waals surface area contributed by atoms with E-state index in [4.69, 9.17) is 4.42 Å². The fourth-order valence-electron chi connectivity index (χ4n) is 12.4. The molecule has 0 saturated heterocycles. The van der Waals surface area contributed by atoms with Gasteiger partial charge in [-0.1, -0.05) is 133 Å². The zero-order valence-corrected chi connectivity index (χ0v) is 33.7. The van der Waals surface area contributed by atoms with Crippen molar-refractivity contribution in [3.63, 3.8) is 0 Å². The van der Waals surface area contributed by atoms with Crippen molar-refractivity contribution in [2.45, 2.75) is 43.9 Å². The number of fused-ring (bicyclic) bond motifs is 7. The molecule has 2 nitrogen and oxygen atoms in total. The highest BCUT2D eigenvalue weighted by Gasteiger charge is 2.52. The highest BCUT2D eigenvalue weighted by atomic mass is 32.1. The number of anilines is 3. The molecule has 4 aliphatic carbocycles. The van der Waals surface area contributed by atoms with Crippen molar-refractivity contribution in [1.82, 2.24) is 0 Å². The molecule has 0 unspecified atom stereocenters. The largest absolute Gasteiger partial charge is 0.454 e. The molecule has 0 radical (unpaired) electrons. The molecule has 4 bridgehead atoms. The maximum atomic E-state index is 6.84. The normalized spacial score (nSPS) is 21.1. The molecule has 0 spiro atoms. The number of nitrogens with zero attached hydrogens (tertiary/aromatic N) is 1. The molecule has 284 valence electrons. The predicted octanol–water partition coefficient (Wildman–Crippen LogP) is 16.4. The van der Waals surface area contributed by atoms with E-state index in [-0.39, 0.29) is 0 Å². The Morgan fingerprint density at radius 3 is 1.98 bits per heavy atom. The molecule has 3 heteroatoms.